The summed E-state index contributed by atoms with van der Waals surface area (Å²) >= 11 is 5.85. The molecular weight excluding hydrogens is 346 g/mol. The molecule has 1 atom stereocenters. The lowest BCUT2D eigenvalue weighted by molar-refractivity contribution is -0.142. The van der Waals surface area contributed by atoms with E-state index in [4.69, 9.17) is 21.1 Å². The minimum absolute atomic E-state index is 0.107. The molecule has 0 aliphatic heterocycles. The third-order valence-corrected chi connectivity index (χ3v) is 4.67. The van der Waals surface area contributed by atoms with Crippen LogP contribution in [0.25, 0.3) is 11.3 Å². The van der Waals surface area contributed by atoms with Gasteiger partial charge in [-0.15, -0.1) is 0 Å². The van der Waals surface area contributed by atoms with Crippen LogP contribution in [0.3, 0.4) is 0 Å². The van der Waals surface area contributed by atoms with Crippen LogP contribution < -0.4 is 9.47 Å². The molecule has 0 spiro atoms. The Hall–Kier alpha value is -2.32. The lowest BCUT2D eigenvalue weighted by Crippen LogP contribution is -2.13. The fraction of sp³-hybridized carbons (Fsp3) is 0.214. The van der Waals surface area contributed by atoms with Gasteiger partial charge in [0.25, 0.3) is 0 Å². The van der Waals surface area contributed by atoms with E-state index >= 15 is 0 Å². The standard InChI is InChI=1S/C14H12ClNO6S/c1-20-10(17)7-22-13-16-11(8-3-5-9(15)6-4-8)12(21-2)23(13)14(18)19/h3-6H,7H2,1-2H3/p+1. The van der Waals surface area contributed by atoms with Gasteiger partial charge in [-0.1, -0.05) is 23.7 Å². The molecule has 2 rings (SSSR count). The zero-order valence-corrected chi connectivity index (χ0v) is 13.8. The monoisotopic (exact) mass is 358 g/mol. The first-order chi connectivity index (χ1) is 11.0. The predicted octanol–water partition coefficient (Wildman–Crippen LogP) is 3.24. The van der Waals surface area contributed by atoms with Crippen LogP contribution in [0.4, 0.5) is 4.79 Å². The van der Waals surface area contributed by atoms with Crippen molar-refractivity contribution < 1.29 is 28.9 Å². The Morgan fingerprint density at radius 1 is 1.26 bits per heavy atom. The summed E-state index contributed by atoms with van der Waals surface area (Å²) in [5.41, 5.74) is 0.955. The molecule has 0 amide bonds. The molecule has 1 unspecified atom stereocenters. The Kier molecular flexibility index (Phi) is 5.41. The Labute approximate surface area is 139 Å². The number of hydrogen-bond acceptors (Lipinski definition) is 6. The van der Waals surface area contributed by atoms with Crippen molar-refractivity contribution in [3.63, 3.8) is 0 Å². The predicted molar refractivity (Wildman–Crippen MR) is 84.6 cm³/mol. The molecule has 7 nitrogen and oxygen atoms in total. The summed E-state index contributed by atoms with van der Waals surface area (Å²) in [7, 11) is 1.01. The summed E-state index contributed by atoms with van der Waals surface area (Å²) in [4.78, 5) is 26.9. The summed E-state index contributed by atoms with van der Waals surface area (Å²) in [6, 6.07) is 6.68. The van der Waals surface area contributed by atoms with Crippen LogP contribution in [0.2, 0.25) is 5.02 Å². The van der Waals surface area contributed by atoms with Gasteiger partial charge < -0.3 is 19.3 Å². The number of carbonyl (C=O) groups excluding carboxylic acids is 1. The van der Waals surface area contributed by atoms with Crippen LogP contribution in [0, 0.1) is 0 Å². The van der Waals surface area contributed by atoms with Crippen molar-refractivity contribution >= 4 is 33.3 Å². The van der Waals surface area contributed by atoms with Crippen molar-refractivity contribution in [2.75, 3.05) is 20.8 Å². The Morgan fingerprint density at radius 3 is 2.43 bits per heavy atom. The van der Waals surface area contributed by atoms with Gasteiger partial charge in [0.15, 0.2) is 12.3 Å². The summed E-state index contributed by atoms with van der Waals surface area (Å²) in [6.07, 6.45) is 0. The van der Waals surface area contributed by atoms with E-state index in [1.54, 1.807) is 24.3 Å². The van der Waals surface area contributed by atoms with Gasteiger partial charge in [-0.05, 0) is 12.1 Å². The van der Waals surface area contributed by atoms with Crippen molar-refractivity contribution in [2.24, 2.45) is 0 Å². The van der Waals surface area contributed by atoms with Crippen LogP contribution in [0.1, 0.15) is 0 Å². The highest BCUT2D eigenvalue weighted by Crippen LogP contribution is 2.48. The number of carboxylic acid groups (broad SMARTS) is 1. The molecule has 1 N–H and O–H groups in total. The van der Waals surface area contributed by atoms with Gasteiger partial charge in [-0.2, -0.15) is 9.78 Å². The van der Waals surface area contributed by atoms with Crippen LogP contribution in [0.15, 0.2) is 24.3 Å². The van der Waals surface area contributed by atoms with E-state index in [0.29, 0.717) is 16.3 Å². The number of thiazole rings is 1. The topological polar surface area (TPSA) is 95.0 Å². The number of nitrogens with zero attached hydrogens (tertiary/aromatic N) is 1. The number of benzene rings is 1. The van der Waals surface area contributed by atoms with E-state index in [9.17, 15) is 14.7 Å². The molecule has 0 radical (unpaired) electrons. The molecule has 0 aliphatic carbocycles. The van der Waals surface area contributed by atoms with Gasteiger partial charge in [0.2, 0.25) is 10.5 Å². The van der Waals surface area contributed by atoms with E-state index < -0.39 is 28.3 Å². The molecular formula is C14H13ClNO6S+. The zero-order valence-electron chi connectivity index (χ0n) is 12.2. The van der Waals surface area contributed by atoms with Crippen LogP contribution in [0.5, 0.6) is 10.3 Å². The lowest BCUT2D eigenvalue weighted by Gasteiger charge is -1.97. The first kappa shape index (κ1) is 17.0. The van der Waals surface area contributed by atoms with Gasteiger partial charge in [0, 0.05) is 10.6 Å². The SMILES string of the molecule is COC(=O)COc1nc(-c2ccc(Cl)cc2)c(OC)[s+]1C(=O)O. The van der Waals surface area contributed by atoms with Crippen LogP contribution in [-0.4, -0.2) is 42.2 Å². The van der Waals surface area contributed by atoms with E-state index in [0.717, 1.165) is 0 Å². The van der Waals surface area contributed by atoms with E-state index in [2.05, 4.69) is 9.72 Å². The molecule has 1 aromatic heterocycles. The first-order valence-electron chi connectivity index (χ1n) is 6.27. The first-order valence-corrected chi connectivity index (χ1v) is 7.88. The molecule has 0 fully saturated rings. The summed E-state index contributed by atoms with van der Waals surface area (Å²) in [5.74, 6) is -0.638. The average Bonchev–Trinajstić information content (AvgIpc) is 2.92. The van der Waals surface area contributed by atoms with Gasteiger partial charge in [0.1, 0.15) is 0 Å². The normalized spacial score (nSPS) is 11.0. The highest BCUT2D eigenvalue weighted by atomic mass is 35.5. The molecule has 0 bridgehead atoms. The maximum absolute atomic E-state index is 11.5. The fourth-order valence-corrected chi connectivity index (χ4v) is 3.23. The third kappa shape index (κ3) is 3.72. The quantitative estimate of drug-likeness (QED) is 0.625. The molecule has 9 heteroatoms. The molecule has 122 valence electrons. The van der Waals surface area contributed by atoms with Crippen LogP contribution >= 0.6 is 22.1 Å². The molecule has 0 saturated carbocycles. The van der Waals surface area contributed by atoms with Gasteiger partial charge >= 0.3 is 21.5 Å². The number of carbonyl (C=O) groups is 2. The van der Waals surface area contributed by atoms with Gasteiger partial charge in [0.05, 0.1) is 14.2 Å². The Bertz CT molecular complexity index is 728. The Balaban J connectivity index is 2.48. The van der Waals surface area contributed by atoms with Crippen LogP contribution in [-0.2, 0) is 9.53 Å². The lowest BCUT2D eigenvalue weighted by atomic mass is 10.2. The summed E-state index contributed by atoms with van der Waals surface area (Å²) < 4.78 is 14.9. The summed E-state index contributed by atoms with van der Waals surface area (Å²) in [5, 5.41) is 8.83. The molecule has 1 heterocycles. The van der Waals surface area contributed by atoms with Crippen molar-refractivity contribution in [3.8, 4) is 21.5 Å². The Morgan fingerprint density at radius 2 is 1.91 bits per heavy atom. The number of rotatable bonds is 6. The number of methoxy groups -OCH3 is 2. The van der Waals surface area contributed by atoms with Crippen molar-refractivity contribution in [3.05, 3.63) is 29.3 Å². The van der Waals surface area contributed by atoms with Gasteiger partial charge in [-0.3, -0.25) is 0 Å². The van der Waals surface area contributed by atoms with Gasteiger partial charge in [-0.25, -0.2) is 4.79 Å². The maximum atomic E-state index is 11.5. The molecule has 2 aromatic rings. The molecule has 1 aromatic carbocycles. The smallest absolute Gasteiger partial charge is 0.466 e. The minimum Gasteiger partial charge on any atom is -0.466 e. The average molecular weight is 359 g/mol. The highest BCUT2D eigenvalue weighted by Gasteiger charge is 2.39. The number of hydrogen-bond donors (Lipinski definition) is 1. The second-order valence-corrected chi connectivity index (χ2v) is 6.28. The maximum Gasteiger partial charge on any atom is 0.560 e. The minimum atomic E-state index is -1.55. The molecule has 0 saturated heterocycles. The van der Waals surface area contributed by atoms with Crippen molar-refractivity contribution in [1.82, 2.24) is 4.98 Å². The number of aromatic nitrogens is 1. The summed E-state index contributed by atoms with van der Waals surface area (Å²) in [6.45, 7) is -0.434. The molecule has 23 heavy (non-hydrogen) atoms. The van der Waals surface area contributed by atoms with Crippen molar-refractivity contribution in [1.29, 1.82) is 0 Å². The third-order valence-electron chi connectivity index (χ3n) is 2.78. The number of ether oxygens (including phenoxy) is 3. The zero-order chi connectivity index (χ0) is 17.0. The van der Waals surface area contributed by atoms with E-state index in [1.165, 1.54) is 14.2 Å². The number of esters is 1. The molecule has 0 aliphatic rings. The second kappa shape index (κ2) is 7.30. The largest absolute Gasteiger partial charge is 0.560 e. The number of halogens is 1. The highest BCUT2D eigenvalue weighted by molar-refractivity contribution is 7.53. The second-order valence-electron chi connectivity index (χ2n) is 4.16. The van der Waals surface area contributed by atoms with E-state index in [1.807, 2.05) is 0 Å². The van der Waals surface area contributed by atoms with Crippen molar-refractivity contribution in [2.45, 2.75) is 0 Å². The fourth-order valence-electron chi connectivity index (χ4n) is 1.75. The van der Waals surface area contributed by atoms with E-state index in [-0.39, 0.29) is 10.3 Å².